The fraction of sp³-hybridized carbons (Fsp3) is 0.440. The summed E-state index contributed by atoms with van der Waals surface area (Å²) in [5, 5.41) is 0. The van der Waals surface area contributed by atoms with E-state index in [1.807, 2.05) is 25.2 Å². The molecule has 6 heteroatoms. The first-order chi connectivity index (χ1) is 14.8. The maximum atomic E-state index is 13.6. The lowest BCUT2D eigenvalue weighted by atomic mass is 9.93. The molecule has 0 aromatic heterocycles. The summed E-state index contributed by atoms with van der Waals surface area (Å²) in [6.07, 6.45) is 1.20. The number of anilines is 1. The van der Waals surface area contributed by atoms with Gasteiger partial charge in [0.15, 0.2) is 0 Å². The summed E-state index contributed by atoms with van der Waals surface area (Å²) in [6.45, 7) is 7.35. The third-order valence-electron chi connectivity index (χ3n) is 5.86. The average molecular weight is 427 g/mol. The molecular weight excluding hydrogens is 395 g/mol. The van der Waals surface area contributed by atoms with Crippen LogP contribution in [0.25, 0.3) is 0 Å². The van der Waals surface area contributed by atoms with E-state index in [1.54, 1.807) is 16.7 Å². The molecule has 1 saturated heterocycles. The Morgan fingerprint density at radius 2 is 1.84 bits per heavy atom. The van der Waals surface area contributed by atoms with Crippen LogP contribution in [0.4, 0.5) is 10.1 Å². The number of para-hydroxylation sites is 1. The van der Waals surface area contributed by atoms with E-state index >= 15 is 0 Å². The van der Waals surface area contributed by atoms with Gasteiger partial charge in [-0.25, -0.2) is 4.39 Å². The molecule has 2 aromatic carbocycles. The summed E-state index contributed by atoms with van der Waals surface area (Å²) in [4.78, 5) is 29.6. The van der Waals surface area contributed by atoms with Crippen molar-refractivity contribution in [3.8, 4) is 5.75 Å². The van der Waals surface area contributed by atoms with Crippen molar-refractivity contribution in [1.82, 2.24) is 4.90 Å². The highest BCUT2D eigenvalue weighted by atomic mass is 19.1. The Kier molecular flexibility index (Phi) is 7.31. The Balaban J connectivity index is 1.67. The van der Waals surface area contributed by atoms with Crippen molar-refractivity contribution >= 4 is 17.5 Å². The third kappa shape index (κ3) is 5.06. The van der Waals surface area contributed by atoms with Gasteiger partial charge in [-0.3, -0.25) is 9.59 Å². The van der Waals surface area contributed by atoms with Crippen LogP contribution >= 0.6 is 0 Å². The van der Waals surface area contributed by atoms with Gasteiger partial charge >= 0.3 is 0 Å². The zero-order valence-corrected chi connectivity index (χ0v) is 18.7. The second-order valence-corrected chi connectivity index (χ2v) is 8.25. The molecule has 1 heterocycles. The first-order valence-electron chi connectivity index (χ1n) is 10.9. The molecule has 0 radical (unpaired) electrons. The fourth-order valence-electron chi connectivity index (χ4n) is 4.12. The number of likely N-dealkylation sites (tertiary alicyclic amines) is 1. The minimum Gasteiger partial charge on any atom is -0.493 e. The van der Waals surface area contributed by atoms with Gasteiger partial charge in [0.25, 0.3) is 5.91 Å². The van der Waals surface area contributed by atoms with Crippen LogP contribution in [0.2, 0.25) is 0 Å². The van der Waals surface area contributed by atoms with E-state index < -0.39 is 5.82 Å². The van der Waals surface area contributed by atoms with Gasteiger partial charge in [0.2, 0.25) is 5.91 Å². The lowest BCUT2D eigenvalue weighted by molar-refractivity contribution is -0.123. The van der Waals surface area contributed by atoms with E-state index in [-0.39, 0.29) is 23.5 Å². The number of nitrogens with zero attached hydrogens (tertiary/aromatic N) is 2. The number of carbonyl (C=O) groups excluding carboxylic acids is 2. The largest absolute Gasteiger partial charge is 0.493 e. The maximum absolute atomic E-state index is 13.6. The van der Waals surface area contributed by atoms with Crippen molar-refractivity contribution in [1.29, 1.82) is 0 Å². The summed E-state index contributed by atoms with van der Waals surface area (Å²) in [5.41, 5.74) is 2.44. The van der Waals surface area contributed by atoms with Crippen molar-refractivity contribution < 1.29 is 18.7 Å². The maximum Gasteiger partial charge on any atom is 0.257 e. The highest BCUT2D eigenvalue weighted by Gasteiger charge is 2.31. The van der Waals surface area contributed by atoms with E-state index in [1.165, 1.54) is 18.2 Å². The molecular formula is C25H31FN2O3. The van der Waals surface area contributed by atoms with Crippen molar-refractivity contribution in [3.63, 3.8) is 0 Å². The first-order valence-corrected chi connectivity index (χ1v) is 10.9. The highest BCUT2D eigenvalue weighted by molar-refractivity contribution is 5.98. The summed E-state index contributed by atoms with van der Waals surface area (Å²) in [6, 6.07) is 12.0. The summed E-state index contributed by atoms with van der Waals surface area (Å²) in [7, 11) is 1.83. The zero-order valence-electron chi connectivity index (χ0n) is 18.7. The number of amides is 2. The first kappa shape index (κ1) is 22.8. The van der Waals surface area contributed by atoms with Gasteiger partial charge < -0.3 is 14.5 Å². The fourth-order valence-corrected chi connectivity index (χ4v) is 4.12. The Labute approximate surface area is 183 Å². The van der Waals surface area contributed by atoms with Gasteiger partial charge in [-0.05, 0) is 49.4 Å². The Morgan fingerprint density at radius 3 is 2.48 bits per heavy atom. The molecule has 0 N–H and O–H groups in total. The van der Waals surface area contributed by atoms with E-state index in [0.717, 1.165) is 11.3 Å². The molecule has 0 atom stereocenters. The molecule has 1 fully saturated rings. The second kappa shape index (κ2) is 9.94. The van der Waals surface area contributed by atoms with Crippen LogP contribution in [0.3, 0.4) is 0 Å². The summed E-state index contributed by atoms with van der Waals surface area (Å²) < 4.78 is 19.0. The Hall–Kier alpha value is -2.89. The van der Waals surface area contributed by atoms with E-state index in [2.05, 4.69) is 19.9 Å². The molecule has 0 spiro atoms. The smallest absolute Gasteiger partial charge is 0.257 e. The minimum absolute atomic E-state index is 0.0805. The van der Waals surface area contributed by atoms with Crippen LogP contribution in [0.5, 0.6) is 5.75 Å². The molecule has 31 heavy (non-hydrogen) atoms. The van der Waals surface area contributed by atoms with Crippen molar-refractivity contribution in [3.05, 3.63) is 59.4 Å². The molecule has 2 aromatic rings. The van der Waals surface area contributed by atoms with Gasteiger partial charge in [-0.2, -0.15) is 0 Å². The standard InChI is InChI=1S/C25H31FN2O3/c1-5-31-23-16-19(26)10-11-21(23)25(30)28-14-12-18(13-15-28)24(29)27(4)22-9-7-6-8-20(22)17(2)3/h6-11,16-18H,5,12-15H2,1-4H3. The van der Waals surface area contributed by atoms with Gasteiger partial charge in [0.1, 0.15) is 11.6 Å². The minimum atomic E-state index is -0.436. The van der Waals surface area contributed by atoms with E-state index in [0.29, 0.717) is 44.0 Å². The predicted molar refractivity (Wildman–Crippen MR) is 120 cm³/mol. The van der Waals surface area contributed by atoms with Crippen LogP contribution in [0, 0.1) is 11.7 Å². The quantitative estimate of drug-likeness (QED) is 0.663. The monoisotopic (exact) mass is 426 g/mol. The number of hydrogen-bond donors (Lipinski definition) is 0. The summed E-state index contributed by atoms with van der Waals surface area (Å²) in [5.74, 6) is -0.0930. The Morgan fingerprint density at radius 1 is 1.16 bits per heavy atom. The molecule has 1 aliphatic rings. The lowest BCUT2D eigenvalue weighted by Crippen LogP contribution is -2.43. The van der Waals surface area contributed by atoms with Crippen LogP contribution in [0.15, 0.2) is 42.5 Å². The van der Waals surface area contributed by atoms with Gasteiger partial charge in [-0.1, -0.05) is 32.0 Å². The molecule has 3 rings (SSSR count). The number of rotatable bonds is 6. The molecule has 0 aliphatic carbocycles. The normalized spacial score (nSPS) is 14.6. The van der Waals surface area contributed by atoms with Crippen LogP contribution in [-0.2, 0) is 4.79 Å². The van der Waals surface area contributed by atoms with E-state index in [4.69, 9.17) is 4.74 Å². The van der Waals surface area contributed by atoms with Gasteiger partial charge in [-0.15, -0.1) is 0 Å². The topological polar surface area (TPSA) is 49.9 Å². The number of hydrogen-bond acceptors (Lipinski definition) is 3. The predicted octanol–water partition coefficient (Wildman–Crippen LogP) is 4.86. The number of ether oxygens (including phenoxy) is 1. The molecule has 5 nitrogen and oxygen atoms in total. The molecule has 0 unspecified atom stereocenters. The van der Waals surface area contributed by atoms with Crippen molar-refractivity contribution in [2.45, 2.75) is 39.5 Å². The number of halogens is 1. The SMILES string of the molecule is CCOc1cc(F)ccc1C(=O)N1CCC(C(=O)N(C)c2ccccc2C(C)C)CC1. The number of benzene rings is 2. The zero-order chi connectivity index (χ0) is 22.5. The molecule has 2 amide bonds. The molecule has 0 saturated carbocycles. The van der Waals surface area contributed by atoms with Crippen LogP contribution in [0.1, 0.15) is 55.5 Å². The lowest BCUT2D eigenvalue weighted by Gasteiger charge is -2.34. The highest BCUT2D eigenvalue weighted by Crippen LogP contribution is 2.30. The molecule has 0 bridgehead atoms. The second-order valence-electron chi connectivity index (χ2n) is 8.25. The van der Waals surface area contributed by atoms with E-state index in [9.17, 15) is 14.0 Å². The molecule has 166 valence electrons. The van der Waals surface area contributed by atoms with Crippen LogP contribution in [-0.4, -0.2) is 43.5 Å². The van der Waals surface area contributed by atoms with Crippen molar-refractivity contribution in [2.75, 3.05) is 31.6 Å². The Bertz CT molecular complexity index is 936. The van der Waals surface area contributed by atoms with Crippen LogP contribution < -0.4 is 9.64 Å². The van der Waals surface area contributed by atoms with Gasteiger partial charge in [0.05, 0.1) is 12.2 Å². The number of carbonyl (C=O) groups is 2. The van der Waals surface area contributed by atoms with Crippen molar-refractivity contribution in [2.24, 2.45) is 5.92 Å². The van der Waals surface area contributed by atoms with Gasteiger partial charge in [0, 0.05) is 37.8 Å². The number of piperidine rings is 1. The third-order valence-corrected chi connectivity index (χ3v) is 5.86. The average Bonchev–Trinajstić information content (AvgIpc) is 2.78. The molecule has 1 aliphatic heterocycles. The summed E-state index contributed by atoms with van der Waals surface area (Å²) >= 11 is 0.